The van der Waals surface area contributed by atoms with Crippen molar-refractivity contribution in [3.8, 4) is 0 Å². The van der Waals surface area contributed by atoms with Gasteiger partial charge < -0.3 is 16.0 Å². The van der Waals surface area contributed by atoms with E-state index in [2.05, 4.69) is 27.9 Å². The molecule has 1 saturated heterocycles. The fourth-order valence-corrected chi connectivity index (χ4v) is 1.96. The highest BCUT2D eigenvalue weighted by molar-refractivity contribution is 14.0. The number of amides is 3. The van der Waals surface area contributed by atoms with Gasteiger partial charge in [0.15, 0.2) is 5.96 Å². The van der Waals surface area contributed by atoms with E-state index in [1.807, 2.05) is 6.92 Å². The molecule has 3 N–H and O–H groups in total. The van der Waals surface area contributed by atoms with Crippen molar-refractivity contribution in [1.29, 1.82) is 0 Å². The van der Waals surface area contributed by atoms with Crippen LogP contribution in [0, 0.1) is 5.92 Å². The van der Waals surface area contributed by atoms with Crippen molar-refractivity contribution in [2.75, 3.05) is 26.2 Å². The van der Waals surface area contributed by atoms with Crippen molar-refractivity contribution < 1.29 is 9.59 Å². The van der Waals surface area contributed by atoms with Crippen LogP contribution in [0.4, 0.5) is 4.79 Å². The number of carbonyl (C=O) groups is 2. The number of nitrogens with one attached hydrogen (secondary N) is 3. The van der Waals surface area contributed by atoms with Crippen LogP contribution >= 0.6 is 24.0 Å². The summed E-state index contributed by atoms with van der Waals surface area (Å²) in [6, 6.07) is 0.170. The number of imide groups is 1. The number of urea groups is 1. The predicted octanol–water partition coefficient (Wildman–Crippen LogP) is 0.120. The minimum atomic E-state index is -0.325. The Morgan fingerprint density at radius 3 is 2.70 bits per heavy atom. The summed E-state index contributed by atoms with van der Waals surface area (Å²) in [5.74, 6) is 1.26. The van der Waals surface area contributed by atoms with Gasteiger partial charge in [-0.15, -0.1) is 24.0 Å². The van der Waals surface area contributed by atoms with Crippen molar-refractivity contribution in [3.05, 3.63) is 0 Å². The lowest BCUT2D eigenvalue weighted by molar-refractivity contribution is -0.124. The molecule has 0 spiro atoms. The van der Waals surface area contributed by atoms with Gasteiger partial charge in [-0.05, 0) is 19.3 Å². The molecule has 0 aromatic heterocycles. The van der Waals surface area contributed by atoms with Gasteiger partial charge in [-0.1, -0.05) is 6.92 Å². The van der Waals surface area contributed by atoms with Gasteiger partial charge in [0.1, 0.15) is 0 Å². The van der Waals surface area contributed by atoms with E-state index in [-0.39, 0.29) is 42.5 Å². The topological polar surface area (TPSA) is 85.8 Å². The second-order valence-corrected chi connectivity index (χ2v) is 4.93. The second-order valence-electron chi connectivity index (χ2n) is 4.93. The maximum Gasteiger partial charge on any atom is 0.324 e. The standard InChI is InChI=1S/C12H21N5O2.HI/c1-3-13-11(16-9-6-8(9)2)14-4-5-17-10(18)7-15-12(17)19;/h8-9H,3-7H2,1-2H3,(H,15,19)(H2,13,14,16);1H. The monoisotopic (exact) mass is 395 g/mol. The number of hydrogen-bond donors (Lipinski definition) is 3. The molecule has 8 heteroatoms. The molecule has 1 saturated carbocycles. The SMILES string of the molecule is CCNC(=NCCN1C(=O)CNC1=O)NC1CC1C.I. The lowest BCUT2D eigenvalue weighted by Crippen LogP contribution is -2.40. The first-order valence-electron chi connectivity index (χ1n) is 6.75. The Labute approximate surface area is 136 Å². The highest BCUT2D eigenvalue weighted by Crippen LogP contribution is 2.28. The zero-order valence-electron chi connectivity index (χ0n) is 11.8. The van der Waals surface area contributed by atoms with Gasteiger partial charge in [0.05, 0.1) is 19.6 Å². The minimum absolute atomic E-state index is 0. The van der Waals surface area contributed by atoms with Gasteiger partial charge in [-0.2, -0.15) is 0 Å². The lowest BCUT2D eigenvalue weighted by atomic mass is 10.5. The van der Waals surface area contributed by atoms with E-state index >= 15 is 0 Å². The van der Waals surface area contributed by atoms with E-state index in [1.54, 1.807) is 0 Å². The highest BCUT2D eigenvalue weighted by atomic mass is 127. The Kier molecular flexibility index (Phi) is 6.50. The van der Waals surface area contributed by atoms with Gasteiger partial charge in [0, 0.05) is 12.6 Å². The second kappa shape index (κ2) is 7.65. The average Bonchev–Trinajstić information content (AvgIpc) is 2.97. The lowest BCUT2D eigenvalue weighted by Gasteiger charge is -2.13. The number of halogens is 1. The van der Waals surface area contributed by atoms with E-state index in [0.29, 0.717) is 25.0 Å². The molecule has 0 radical (unpaired) electrons. The van der Waals surface area contributed by atoms with Crippen LogP contribution in [0.1, 0.15) is 20.3 Å². The largest absolute Gasteiger partial charge is 0.357 e. The fraction of sp³-hybridized carbons (Fsp3) is 0.750. The molecule has 0 aromatic rings. The van der Waals surface area contributed by atoms with Gasteiger partial charge in [0.25, 0.3) is 0 Å². The Morgan fingerprint density at radius 1 is 1.50 bits per heavy atom. The van der Waals surface area contributed by atoms with Gasteiger partial charge >= 0.3 is 6.03 Å². The number of carbonyl (C=O) groups excluding carboxylic acids is 2. The van der Waals surface area contributed by atoms with Crippen molar-refractivity contribution >= 4 is 41.9 Å². The average molecular weight is 395 g/mol. The Hall–Kier alpha value is -1.06. The van der Waals surface area contributed by atoms with Crippen LogP contribution in [-0.2, 0) is 4.79 Å². The van der Waals surface area contributed by atoms with Crippen molar-refractivity contribution in [2.45, 2.75) is 26.3 Å². The summed E-state index contributed by atoms with van der Waals surface area (Å²) in [5, 5.41) is 8.97. The molecule has 114 valence electrons. The Balaban J connectivity index is 0.00000200. The van der Waals surface area contributed by atoms with Gasteiger partial charge in [-0.25, -0.2) is 4.79 Å². The van der Waals surface area contributed by atoms with E-state index in [0.717, 1.165) is 18.9 Å². The minimum Gasteiger partial charge on any atom is -0.357 e. The molecule has 0 bridgehead atoms. The first-order chi connectivity index (χ1) is 9.11. The molecule has 0 aromatic carbocycles. The zero-order valence-corrected chi connectivity index (χ0v) is 14.1. The molecule has 2 rings (SSSR count). The molecule has 3 amide bonds. The van der Waals surface area contributed by atoms with Gasteiger partial charge in [0.2, 0.25) is 5.91 Å². The quantitative estimate of drug-likeness (QED) is 0.267. The van der Waals surface area contributed by atoms with Crippen LogP contribution in [0.5, 0.6) is 0 Å². The van der Waals surface area contributed by atoms with Crippen LogP contribution in [0.15, 0.2) is 4.99 Å². The molecular formula is C12H22IN5O2. The van der Waals surface area contributed by atoms with E-state index < -0.39 is 0 Å². The Morgan fingerprint density at radius 2 is 2.20 bits per heavy atom. The molecule has 2 atom stereocenters. The third-order valence-electron chi connectivity index (χ3n) is 3.31. The summed E-state index contributed by atoms with van der Waals surface area (Å²) >= 11 is 0. The molecule has 1 aliphatic heterocycles. The summed E-state index contributed by atoms with van der Waals surface area (Å²) in [5.41, 5.74) is 0. The molecule has 1 heterocycles. The third kappa shape index (κ3) is 4.50. The van der Waals surface area contributed by atoms with E-state index in [1.165, 1.54) is 4.90 Å². The van der Waals surface area contributed by atoms with Crippen LogP contribution in [0.2, 0.25) is 0 Å². The van der Waals surface area contributed by atoms with Crippen LogP contribution in [0.3, 0.4) is 0 Å². The first-order valence-corrected chi connectivity index (χ1v) is 6.75. The molecule has 1 aliphatic carbocycles. The molecule has 20 heavy (non-hydrogen) atoms. The summed E-state index contributed by atoms with van der Waals surface area (Å²) in [6.07, 6.45) is 1.16. The summed E-state index contributed by atoms with van der Waals surface area (Å²) in [7, 11) is 0. The number of nitrogens with zero attached hydrogens (tertiary/aromatic N) is 2. The van der Waals surface area contributed by atoms with Crippen molar-refractivity contribution in [1.82, 2.24) is 20.9 Å². The van der Waals surface area contributed by atoms with E-state index in [9.17, 15) is 9.59 Å². The van der Waals surface area contributed by atoms with Crippen LogP contribution in [0.25, 0.3) is 0 Å². The molecule has 2 fully saturated rings. The van der Waals surface area contributed by atoms with Gasteiger partial charge in [-0.3, -0.25) is 14.7 Å². The zero-order chi connectivity index (χ0) is 13.8. The number of aliphatic imine (C=N–C) groups is 1. The maximum atomic E-state index is 11.4. The number of hydrogen-bond acceptors (Lipinski definition) is 3. The summed E-state index contributed by atoms with van der Waals surface area (Å²) < 4.78 is 0. The van der Waals surface area contributed by atoms with E-state index in [4.69, 9.17) is 0 Å². The number of guanidine groups is 1. The molecule has 2 unspecified atom stereocenters. The normalized spacial score (nSPS) is 25.1. The first kappa shape index (κ1) is 17.0. The molecular weight excluding hydrogens is 373 g/mol. The fourth-order valence-electron chi connectivity index (χ4n) is 1.96. The van der Waals surface area contributed by atoms with Crippen molar-refractivity contribution in [3.63, 3.8) is 0 Å². The molecule has 2 aliphatic rings. The molecule has 7 nitrogen and oxygen atoms in total. The maximum absolute atomic E-state index is 11.4. The van der Waals surface area contributed by atoms with Crippen LogP contribution < -0.4 is 16.0 Å². The third-order valence-corrected chi connectivity index (χ3v) is 3.31. The Bertz CT molecular complexity index is 385. The predicted molar refractivity (Wildman–Crippen MR) is 87.2 cm³/mol. The van der Waals surface area contributed by atoms with Crippen molar-refractivity contribution in [2.24, 2.45) is 10.9 Å². The van der Waals surface area contributed by atoms with Crippen LogP contribution in [-0.4, -0.2) is 55.0 Å². The number of rotatable bonds is 5. The summed E-state index contributed by atoms with van der Waals surface area (Å²) in [6.45, 7) is 5.81. The highest BCUT2D eigenvalue weighted by Gasteiger charge is 2.33. The smallest absolute Gasteiger partial charge is 0.324 e. The summed E-state index contributed by atoms with van der Waals surface area (Å²) in [4.78, 5) is 28.3.